The fourth-order valence-electron chi connectivity index (χ4n) is 3.21. The van der Waals surface area contributed by atoms with E-state index in [0.717, 1.165) is 11.1 Å². The van der Waals surface area contributed by atoms with E-state index in [1.54, 1.807) is 42.5 Å². The summed E-state index contributed by atoms with van der Waals surface area (Å²) in [5.41, 5.74) is 4.10. The SMILES string of the molecule is O=COc1ccc(-c2cc(-c3ccc(C(=O)O)cc3)nc(-c3ccc(C(=O)O)cn3)c2)cc1.[NH2-].[NH2-].[NH2-].[NH2-].[Ru+4]. The molecule has 0 radical (unpaired) electrons. The van der Waals surface area contributed by atoms with Crippen molar-refractivity contribution in [1.82, 2.24) is 9.97 Å². The molecule has 0 aliphatic heterocycles. The number of nitrogens with two attached hydrogens (primary N) is 4. The standard InChI is InChI=1S/C25H16N2O6.4H2N.Ru/c28-14-33-20-8-5-15(6-9-20)19-11-22(16-1-3-17(4-2-16)24(29)30)27-23(12-19)21-10-7-18(13-26-21)25(31)32;;;;;/h1-14H,(H,29,30)(H,31,32);4*1H2;/q;4*-1;+4. The summed E-state index contributed by atoms with van der Waals surface area (Å²) in [5, 5.41) is 18.3. The van der Waals surface area contributed by atoms with Gasteiger partial charge < -0.3 is 39.6 Å². The largest absolute Gasteiger partial charge is 4.00 e. The monoisotopic (exact) mass is 606 g/mol. The Morgan fingerprint density at radius 1 is 0.658 bits per heavy atom. The molecule has 13 heteroatoms. The van der Waals surface area contributed by atoms with E-state index < -0.39 is 11.9 Å². The first kappa shape index (κ1) is 35.8. The Hall–Kier alpha value is -4.39. The van der Waals surface area contributed by atoms with E-state index in [1.807, 2.05) is 12.1 Å². The summed E-state index contributed by atoms with van der Waals surface area (Å²) in [6, 6.07) is 19.9. The Labute approximate surface area is 231 Å². The number of aromatic carboxylic acids is 2. The first-order chi connectivity index (χ1) is 15.9. The van der Waals surface area contributed by atoms with Gasteiger partial charge in [-0.3, -0.25) is 9.78 Å². The summed E-state index contributed by atoms with van der Waals surface area (Å²) in [4.78, 5) is 41.8. The predicted octanol–water partition coefficient (Wildman–Crippen LogP) is 7.28. The van der Waals surface area contributed by atoms with Crippen LogP contribution in [0.2, 0.25) is 0 Å². The third-order valence-electron chi connectivity index (χ3n) is 4.90. The van der Waals surface area contributed by atoms with E-state index in [9.17, 15) is 14.4 Å². The number of nitrogens with zero attached hydrogens (tertiary/aromatic N) is 2. The van der Waals surface area contributed by atoms with Crippen molar-refractivity contribution in [3.8, 4) is 39.5 Å². The molecule has 0 saturated heterocycles. The van der Waals surface area contributed by atoms with Gasteiger partial charge in [0.05, 0.1) is 28.2 Å². The van der Waals surface area contributed by atoms with Crippen LogP contribution >= 0.6 is 0 Å². The molecule has 12 nitrogen and oxygen atoms in total. The second-order valence-corrected chi connectivity index (χ2v) is 6.98. The molecule has 0 spiro atoms. The van der Waals surface area contributed by atoms with Crippen molar-refractivity contribution in [2.45, 2.75) is 0 Å². The van der Waals surface area contributed by atoms with Crippen LogP contribution in [0.25, 0.3) is 58.4 Å². The summed E-state index contributed by atoms with van der Waals surface area (Å²) >= 11 is 0. The molecule has 0 saturated carbocycles. The van der Waals surface area contributed by atoms with Gasteiger partial charge in [0.1, 0.15) is 5.75 Å². The summed E-state index contributed by atoms with van der Waals surface area (Å²) in [5.74, 6) is -1.70. The maximum Gasteiger partial charge on any atom is 4.00 e. The number of rotatable bonds is 7. The topological polar surface area (TPSA) is 261 Å². The molecular weight excluding hydrogens is 581 g/mol. The van der Waals surface area contributed by atoms with E-state index in [-0.39, 0.29) is 55.2 Å². The molecule has 2 heterocycles. The minimum atomic E-state index is -1.08. The number of pyridine rings is 2. The normalized spacial score (nSPS) is 9.05. The van der Waals surface area contributed by atoms with Crippen molar-refractivity contribution in [2.75, 3.05) is 0 Å². The first-order valence-corrected chi connectivity index (χ1v) is 9.71. The molecule has 4 aromatic rings. The predicted molar refractivity (Wildman–Crippen MR) is 140 cm³/mol. The maximum absolute atomic E-state index is 11.2. The van der Waals surface area contributed by atoms with Gasteiger partial charge >= 0.3 is 31.4 Å². The smallest absolute Gasteiger partial charge is 0.693 e. The number of hydrogen-bond acceptors (Lipinski definition) is 6. The molecule has 198 valence electrons. The number of ether oxygens (including phenoxy) is 1. The van der Waals surface area contributed by atoms with Gasteiger partial charge in [-0.1, -0.05) is 24.3 Å². The van der Waals surface area contributed by atoms with Crippen molar-refractivity contribution in [2.24, 2.45) is 0 Å². The van der Waals surface area contributed by atoms with E-state index in [1.165, 1.54) is 24.4 Å². The Kier molecular flexibility index (Phi) is 14.7. The Morgan fingerprint density at radius 2 is 1.18 bits per heavy atom. The van der Waals surface area contributed by atoms with Gasteiger partial charge in [-0.25, -0.2) is 14.6 Å². The number of benzene rings is 2. The van der Waals surface area contributed by atoms with Crippen LogP contribution in [0.15, 0.2) is 79.0 Å². The zero-order chi connectivity index (χ0) is 23.4. The molecule has 0 fully saturated rings. The fourth-order valence-corrected chi connectivity index (χ4v) is 3.21. The molecule has 2 aromatic carbocycles. The van der Waals surface area contributed by atoms with Crippen LogP contribution in [0.3, 0.4) is 0 Å². The fraction of sp³-hybridized carbons (Fsp3) is 0. The number of carbonyl (C=O) groups excluding carboxylic acids is 1. The van der Waals surface area contributed by atoms with E-state index in [2.05, 4.69) is 9.97 Å². The molecule has 10 N–H and O–H groups in total. The Balaban J connectivity index is 0. The van der Waals surface area contributed by atoms with E-state index in [4.69, 9.17) is 14.9 Å². The number of aromatic nitrogens is 2. The summed E-state index contributed by atoms with van der Waals surface area (Å²) in [6.45, 7) is 0.352. The third-order valence-corrected chi connectivity index (χ3v) is 4.90. The molecular formula is C25H24N6O6Ru. The second-order valence-electron chi connectivity index (χ2n) is 6.98. The van der Waals surface area contributed by atoms with E-state index in [0.29, 0.717) is 34.9 Å². The number of carboxylic acid groups (broad SMARTS) is 2. The molecule has 0 amide bonds. The number of hydrogen-bond donors (Lipinski definition) is 2. The Bertz CT molecular complexity index is 1270. The van der Waals surface area contributed by atoms with Gasteiger partial charge in [0, 0.05) is 11.8 Å². The zero-order valence-electron chi connectivity index (χ0n) is 19.7. The maximum atomic E-state index is 11.2. The van der Waals surface area contributed by atoms with Crippen LogP contribution in [0.5, 0.6) is 5.75 Å². The Morgan fingerprint density at radius 3 is 1.68 bits per heavy atom. The van der Waals surface area contributed by atoms with Crippen molar-refractivity contribution < 1.29 is 48.8 Å². The van der Waals surface area contributed by atoms with Gasteiger partial charge in [0.2, 0.25) is 0 Å². The minimum Gasteiger partial charge on any atom is -0.693 e. The van der Waals surface area contributed by atoms with Gasteiger partial charge in [0.15, 0.2) is 0 Å². The van der Waals surface area contributed by atoms with Crippen LogP contribution in [0, 0.1) is 0 Å². The van der Waals surface area contributed by atoms with Gasteiger partial charge in [-0.2, -0.15) is 0 Å². The molecule has 0 aliphatic carbocycles. The average Bonchev–Trinajstić information content (AvgIpc) is 2.84. The molecule has 0 aliphatic rings. The van der Waals surface area contributed by atoms with Crippen LogP contribution in [-0.4, -0.2) is 38.6 Å². The zero-order valence-corrected chi connectivity index (χ0v) is 21.4. The van der Waals surface area contributed by atoms with Gasteiger partial charge in [0.25, 0.3) is 6.47 Å². The molecule has 0 bridgehead atoms. The quantitative estimate of drug-likeness (QED) is 0.159. The molecule has 0 atom stereocenters. The number of carbonyl (C=O) groups is 3. The number of carboxylic acids is 2. The van der Waals surface area contributed by atoms with Crippen molar-refractivity contribution >= 4 is 18.4 Å². The molecule has 4 rings (SSSR count). The van der Waals surface area contributed by atoms with Crippen molar-refractivity contribution in [1.29, 1.82) is 0 Å². The molecule has 0 unspecified atom stereocenters. The van der Waals surface area contributed by atoms with E-state index >= 15 is 0 Å². The van der Waals surface area contributed by atoms with Crippen LogP contribution < -0.4 is 4.74 Å². The van der Waals surface area contributed by atoms with Crippen LogP contribution in [0.1, 0.15) is 20.7 Å². The molecule has 2 aromatic heterocycles. The second kappa shape index (κ2) is 15.7. The van der Waals surface area contributed by atoms with Crippen LogP contribution in [-0.2, 0) is 24.3 Å². The minimum absolute atomic E-state index is 0. The summed E-state index contributed by atoms with van der Waals surface area (Å²) < 4.78 is 4.85. The van der Waals surface area contributed by atoms with Crippen molar-refractivity contribution in [3.05, 3.63) is 115 Å². The average molecular weight is 606 g/mol. The van der Waals surface area contributed by atoms with Crippen LogP contribution in [0.4, 0.5) is 0 Å². The van der Waals surface area contributed by atoms with Gasteiger partial charge in [-0.05, 0) is 59.7 Å². The summed E-state index contributed by atoms with van der Waals surface area (Å²) in [6.07, 6.45) is 1.26. The van der Waals surface area contributed by atoms with Gasteiger partial charge in [-0.15, -0.1) is 0 Å². The third kappa shape index (κ3) is 8.06. The van der Waals surface area contributed by atoms with Crippen molar-refractivity contribution in [3.63, 3.8) is 0 Å². The first-order valence-electron chi connectivity index (χ1n) is 9.71. The summed E-state index contributed by atoms with van der Waals surface area (Å²) in [7, 11) is 0. The molecule has 38 heavy (non-hydrogen) atoms.